The fraction of sp³-hybridized carbons (Fsp3) is 0.182. The molecule has 0 N–H and O–H groups in total. The van der Waals surface area contributed by atoms with Crippen LogP contribution in [0.15, 0.2) is 60.6 Å². The molecular weight excluding hydrogens is 264 g/mol. The number of rotatable bonds is 2. The summed E-state index contributed by atoms with van der Waals surface area (Å²) in [4.78, 5) is 0. The van der Waals surface area contributed by atoms with Crippen LogP contribution < -0.4 is 0 Å². The molecule has 0 aliphatic rings. The first kappa shape index (κ1) is 13.3. The average Bonchev–Trinajstić information content (AvgIpc) is 2.50. The van der Waals surface area contributed by atoms with Crippen LogP contribution in [-0.2, 0) is 0 Å². The van der Waals surface area contributed by atoms with Crippen molar-refractivity contribution < 1.29 is 1.37 Å². The molecule has 0 nitrogen and oxygen atoms in total. The minimum Gasteiger partial charge on any atom is -0.0617 e. The lowest BCUT2D eigenvalue weighted by Gasteiger charge is -2.14. The van der Waals surface area contributed by atoms with Crippen LogP contribution in [0.2, 0.25) is 0 Å². The second kappa shape index (κ2) is 5.81. The predicted molar refractivity (Wildman–Crippen MR) is 96.3 cm³/mol. The molecule has 3 aromatic carbocycles. The third-order valence-electron chi connectivity index (χ3n) is 4.30. The Kier molecular flexibility index (Phi) is 3.52. The lowest BCUT2D eigenvalue weighted by molar-refractivity contribution is 1.36. The molecule has 0 bridgehead atoms. The Morgan fingerprint density at radius 3 is 1.23 bits per heavy atom. The molecule has 0 aromatic heterocycles. The van der Waals surface area contributed by atoms with Gasteiger partial charge in [0.25, 0.3) is 0 Å². The fourth-order valence-corrected chi connectivity index (χ4v) is 3.24. The lowest BCUT2D eigenvalue weighted by Crippen LogP contribution is -1.91. The van der Waals surface area contributed by atoms with Gasteiger partial charge in [-0.05, 0) is 78.2 Å². The number of hydrogen-bond donors (Lipinski definition) is 0. The predicted octanol–water partition coefficient (Wildman–Crippen LogP) is 6.25. The minimum absolute atomic E-state index is 0.613. The molecule has 0 aliphatic carbocycles. The maximum atomic E-state index is 8.81. The van der Waals surface area contributed by atoms with Crippen molar-refractivity contribution in [1.29, 1.82) is 0 Å². The van der Waals surface area contributed by atoms with E-state index in [2.05, 4.69) is 82.3 Å². The molecule has 0 fully saturated rings. The van der Waals surface area contributed by atoms with E-state index in [0.717, 1.165) is 11.1 Å². The van der Waals surface area contributed by atoms with Crippen LogP contribution in [0.1, 0.15) is 23.6 Å². The van der Waals surface area contributed by atoms with Gasteiger partial charge in [0.1, 0.15) is 0 Å². The first-order valence-electron chi connectivity index (χ1n) is 8.23. The van der Waals surface area contributed by atoms with Crippen LogP contribution in [0, 0.1) is 27.7 Å². The smallest absolute Gasteiger partial charge is 0.0617 e. The molecule has 0 amide bonds. The molecule has 0 heterocycles. The molecule has 0 saturated heterocycles. The van der Waals surface area contributed by atoms with Gasteiger partial charge in [0.15, 0.2) is 0 Å². The summed E-state index contributed by atoms with van der Waals surface area (Å²) in [5, 5.41) is 0. The molecule has 3 aromatic rings. The Labute approximate surface area is 134 Å². The summed E-state index contributed by atoms with van der Waals surface area (Å²) >= 11 is 0. The highest BCUT2D eigenvalue weighted by Gasteiger charge is 2.09. The zero-order valence-corrected chi connectivity index (χ0v) is 13.7. The van der Waals surface area contributed by atoms with Gasteiger partial charge >= 0.3 is 0 Å². The highest BCUT2D eigenvalue weighted by Crippen LogP contribution is 2.33. The topological polar surface area (TPSA) is 0 Å². The third kappa shape index (κ3) is 2.57. The highest BCUT2D eigenvalue weighted by molar-refractivity contribution is 5.78. The van der Waals surface area contributed by atoms with E-state index in [1.54, 1.807) is 0 Å². The first-order chi connectivity index (χ1) is 11.0. The van der Waals surface area contributed by atoms with Crippen molar-refractivity contribution in [1.82, 2.24) is 0 Å². The summed E-state index contributed by atoms with van der Waals surface area (Å²) in [5.74, 6) is 0. The quantitative estimate of drug-likeness (QED) is 0.522. The van der Waals surface area contributed by atoms with Gasteiger partial charge < -0.3 is 0 Å². The Balaban J connectivity index is 2.29. The molecule has 0 spiro atoms. The van der Waals surface area contributed by atoms with E-state index in [9.17, 15) is 0 Å². The van der Waals surface area contributed by atoms with Crippen LogP contribution in [-0.4, -0.2) is 0 Å². The van der Waals surface area contributed by atoms with Crippen molar-refractivity contribution in [3.05, 3.63) is 82.9 Å². The summed E-state index contributed by atoms with van der Waals surface area (Å²) in [6.45, 7) is 8.47. The zero-order valence-electron chi connectivity index (χ0n) is 14.7. The van der Waals surface area contributed by atoms with Crippen molar-refractivity contribution >= 4 is 0 Å². The number of benzene rings is 3. The summed E-state index contributed by atoms with van der Waals surface area (Å²) in [7, 11) is 0. The lowest BCUT2D eigenvalue weighted by atomic mass is 9.91. The van der Waals surface area contributed by atoms with Crippen molar-refractivity contribution in [3.8, 4) is 22.3 Å². The molecular formula is C22H22. The Morgan fingerprint density at radius 1 is 0.545 bits per heavy atom. The van der Waals surface area contributed by atoms with Crippen LogP contribution in [0.4, 0.5) is 0 Å². The maximum absolute atomic E-state index is 8.81. The third-order valence-corrected chi connectivity index (χ3v) is 4.30. The zero-order chi connectivity index (χ0) is 16.6. The van der Waals surface area contributed by atoms with Crippen LogP contribution in [0.25, 0.3) is 22.3 Å². The van der Waals surface area contributed by atoms with E-state index >= 15 is 0 Å². The Morgan fingerprint density at radius 2 is 0.864 bits per heavy atom. The molecule has 0 saturated carbocycles. The summed E-state index contributed by atoms with van der Waals surface area (Å²) < 4.78 is 8.81. The number of hydrogen-bond acceptors (Lipinski definition) is 0. The van der Waals surface area contributed by atoms with Gasteiger partial charge in [-0.1, -0.05) is 54.6 Å². The SMILES string of the molecule is [2H]c1c(-c2c(C)cccc2C)cccc1-c1c(C)cccc1C. The second-order valence-electron chi connectivity index (χ2n) is 6.01. The van der Waals surface area contributed by atoms with Crippen molar-refractivity contribution in [3.63, 3.8) is 0 Å². The van der Waals surface area contributed by atoms with Gasteiger partial charge in [-0.2, -0.15) is 0 Å². The molecule has 110 valence electrons. The van der Waals surface area contributed by atoms with E-state index < -0.39 is 0 Å². The molecule has 0 radical (unpaired) electrons. The molecule has 0 heteroatoms. The summed E-state index contributed by atoms with van der Waals surface area (Å²) in [6, 6.07) is 19.4. The minimum atomic E-state index is 0.613. The summed E-state index contributed by atoms with van der Waals surface area (Å²) in [5.41, 5.74) is 9.28. The second-order valence-corrected chi connectivity index (χ2v) is 6.01. The van der Waals surface area contributed by atoms with Crippen molar-refractivity contribution in [2.45, 2.75) is 27.7 Å². The normalized spacial score (nSPS) is 11.4. The van der Waals surface area contributed by atoms with Crippen molar-refractivity contribution in [2.24, 2.45) is 0 Å². The van der Waals surface area contributed by atoms with Gasteiger partial charge in [-0.3, -0.25) is 0 Å². The first-order valence-corrected chi connectivity index (χ1v) is 7.73. The largest absolute Gasteiger partial charge is 0.0636 e. The Hall–Kier alpha value is -2.34. The maximum Gasteiger partial charge on any atom is 0.0636 e. The van der Waals surface area contributed by atoms with Crippen molar-refractivity contribution in [2.75, 3.05) is 0 Å². The van der Waals surface area contributed by atoms with Crippen LogP contribution >= 0.6 is 0 Å². The molecule has 0 unspecified atom stereocenters. The Bertz CT molecular complexity index is 765. The molecule has 0 atom stereocenters. The van der Waals surface area contributed by atoms with E-state index in [4.69, 9.17) is 1.37 Å². The fourth-order valence-electron chi connectivity index (χ4n) is 3.24. The van der Waals surface area contributed by atoms with Crippen LogP contribution in [0.5, 0.6) is 0 Å². The van der Waals surface area contributed by atoms with Gasteiger partial charge in [-0.15, -0.1) is 0 Å². The highest BCUT2D eigenvalue weighted by atomic mass is 14.1. The van der Waals surface area contributed by atoms with E-state index in [-0.39, 0.29) is 0 Å². The summed E-state index contributed by atoms with van der Waals surface area (Å²) in [6.07, 6.45) is 0. The average molecular weight is 287 g/mol. The van der Waals surface area contributed by atoms with Gasteiger partial charge in [-0.25, -0.2) is 0 Å². The van der Waals surface area contributed by atoms with Gasteiger partial charge in [0.2, 0.25) is 0 Å². The monoisotopic (exact) mass is 287 g/mol. The van der Waals surface area contributed by atoms with Gasteiger partial charge in [0.05, 0.1) is 1.37 Å². The molecule has 22 heavy (non-hydrogen) atoms. The van der Waals surface area contributed by atoms with E-state index in [0.29, 0.717) is 6.04 Å². The van der Waals surface area contributed by atoms with E-state index in [1.807, 2.05) is 0 Å². The molecule has 0 aliphatic heterocycles. The van der Waals surface area contributed by atoms with Gasteiger partial charge in [0, 0.05) is 0 Å². The molecule has 3 rings (SSSR count). The van der Waals surface area contributed by atoms with E-state index in [1.165, 1.54) is 33.4 Å². The standard InChI is InChI=1S/C22H22/c1-15-8-5-9-16(2)21(15)19-12-7-13-20(14-19)22-17(3)10-6-11-18(22)4/h5-14H,1-4H3/i14D. The van der Waals surface area contributed by atoms with Crippen LogP contribution in [0.3, 0.4) is 0 Å². The number of aryl methyl sites for hydroxylation is 4.